The van der Waals surface area contributed by atoms with Gasteiger partial charge in [-0.3, -0.25) is 4.79 Å². The molecule has 0 amide bonds. The van der Waals surface area contributed by atoms with Crippen molar-refractivity contribution < 1.29 is 9.90 Å². The Morgan fingerprint density at radius 3 is 2.52 bits per heavy atom. The summed E-state index contributed by atoms with van der Waals surface area (Å²) < 4.78 is 1.55. The van der Waals surface area contributed by atoms with Crippen LogP contribution >= 0.6 is 22.9 Å². The maximum absolute atomic E-state index is 11.6. The number of ketones is 1. The summed E-state index contributed by atoms with van der Waals surface area (Å²) in [5.74, 6) is 0.0416. The minimum Gasteiger partial charge on any atom is -0.508 e. The standard InChI is InChI=1S/C17H13ClN4O2S/c1-11(23)16-21-22(14-6-4-13(18)5-7-14)17(25-16)20-19-10-12-2-8-15(24)9-3-12/h2-10,24H,1H3/b19-10+,20-17-. The third-order valence-electron chi connectivity index (χ3n) is 3.18. The molecule has 0 bridgehead atoms. The molecule has 25 heavy (non-hydrogen) atoms. The lowest BCUT2D eigenvalue weighted by molar-refractivity contribution is 0.101. The van der Waals surface area contributed by atoms with E-state index >= 15 is 0 Å². The van der Waals surface area contributed by atoms with Gasteiger partial charge in [-0.25, -0.2) is 4.68 Å². The van der Waals surface area contributed by atoms with Crippen LogP contribution in [0.25, 0.3) is 5.69 Å². The highest BCUT2D eigenvalue weighted by Crippen LogP contribution is 2.13. The molecule has 0 atom stereocenters. The zero-order valence-corrected chi connectivity index (χ0v) is 14.7. The van der Waals surface area contributed by atoms with Gasteiger partial charge in [0.1, 0.15) is 5.75 Å². The summed E-state index contributed by atoms with van der Waals surface area (Å²) in [4.78, 5) is 12.1. The summed E-state index contributed by atoms with van der Waals surface area (Å²) in [6, 6.07) is 13.6. The number of aromatic nitrogens is 2. The molecule has 8 heteroatoms. The highest BCUT2D eigenvalue weighted by atomic mass is 35.5. The lowest BCUT2D eigenvalue weighted by Gasteiger charge is -2.00. The first-order chi connectivity index (χ1) is 12.0. The van der Waals surface area contributed by atoms with Crippen molar-refractivity contribution in [1.29, 1.82) is 0 Å². The Morgan fingerprint density at radius 2 is 1.88 bits per heavy atom. The second kappa shape index (κ2) is 7.42. The number of halogens is 1. The quantitative estimate of drug-likeness (QED) is 0.433. The van der Waals surface area contributed by atoms with Gasteiger partial charge in [-0.1, -0.05) is 22.9 Å². The second-order valence-corrected chi connectivity index (χ2v) is 6.46. The van der Waals surface area contributed by atoms with E-state index in [9.17, 15) is 9.90 Å². The van der Waals surface area contributed by atoms with Gasteiger partial charge in [-0.15, -0.1) is 5.10 Å². The fourth-order valence-corrected chi connectivity index (χ4v) is 2.83. The Kier molecular flexibility index (Phi) is 5.06. The summed E-state index contributed by atoms with van der Waals surface area (Å²) in [5, 5.41) is 22.7. The van der Waals surface area contributed by atoms with Gasteiger partial charge >= 0.3 is 0 Å². The molecule has 2 aromatic carbocycles. The Morgan fingerprint density at radius 1 is 1.20 bits per heavy atom. The Hall–Kier alpha value is -2.77. The van der Waals surface area contributed by atoms with Crippen LogP contribution in [0.2, 0.25) is 5.02 Å². The lowest BCUT2D eigenvalue weighted by atomic mass is 10.2. The van der Waals surface area contributed by atoms with Crippen molar-refractivity contribution in [3.05, 3.63) is 68.9 Å². The van der Waals surface area contributed by atoms with Crippen molar-refractivity contribution in [1.82, 2.24) is 9.78 Å². The van der Waals surface area contributed by atoms with E-state index in [-0.39, 0.29) is 11.5 Å². The number of carbonyl (C=O) groups is 1. The van der Waals surface area contributed by atoms with Gasteiger partial charge in [0.15, 0.2) is 10.8 Å². The third kappa shape index (κ3) is 4.20. The molecule has 6 nitrogen and oxygen atoms in total. The summed E-state index contributed by atoms with van der Waals surface area (Å²) in [6.45, 7) is 1.45. The maximum Gasteiger partial charge on any atom is 0.233 e. The summed E-state index contributed by atoms with van der Waals surface area (Å²) in [7, 11) is 0. The van der Waals surface area contributed by atoms with Gasteiger partial charge in [-0.2, -0.15) is 10.2 Å². The van der Waals surface area contributed by atoms with Crippen LogP contribution in [-0.4, -0.2) is 26.9 Å². The largest absolute Gasteiger partial charge is 0.508 e. The molecule has 1 heterocycles. The first-order valence-electron chi connectivity index (χ1n) is 7.26. The number of Topliss-reactive ketones (excluding diaryl/α,β-unsaturated/α-hetero) is 1. The molecule has 0 fully saturated rings. The van der Waals surface area contributed by atoms with E-state index in [0.29, 0.717) is 14.8 Å². The number of phenols is 1. The van der Waals surface area contributed by atoms with Crippen LogP contribution in [-0.2, 0) is 0 Å². The van der Waals surface area contributed by atoms with Gasteiger partial charge in [0.2, 0.25) is 4.80 Å². The van der Waals surface area contributed by atoms with Crippen LogP contribution in [0.1, 0.15) is 22.3 Å². The van der Waals surface area contributed by atoms with E-state index in [0.717, 1.165) is 22.6 Å². The first-order valence-corrected chi connectivity index (χ1v) is 8.45. The van der Waals surface area contributed by atoms with Crippen molar-refractivity contribution >= 4 is 34.9 Å². The highest BCUT2D eigenvalue weighted by Gasteiger charge is 2.10. The van der Waals surface area contributed by atoms with E-state index in [1.54, 1.807) is 59.4 Å². The molecule has 0 radical (unpaired) electrons. The molecule has 126 valence electrons. The molecule has 0 unspecified atom stereocenters. The van der Waals surface area contributed by atoms with Crippen molar-refractivity contribution in [2.24, 2.45) is 10.2 Å². The fourth-order valence-electron chi connectivity index (χ4n) is 1.94. The van der Waals surface area contributed by atoms with Crippen LogP contribution in [0.5, 0.6) is 5.75 Å². The zero-order chi connectivity index (χ0) is 17.8. The summed E-state index contributed by atoms with van der Waals surface area (Å²) in [6.07, 6.45) is 1.55. The van der Waals surface area contributed by atoms with Crippen molar-refractivity contribution in [3.63, 3.8) is 0 Å². The molecule has 3 rings (SSSR count). The topological polar surface area (TPSA) is 79.8 Å². The SMILES string of the molecule is CC(=O)c1nn(-c2ccc(Cl)cc2)/c(=N/N=C/c2ccc(O)cc2)s1. The van der Waals surface area contributed by atoms with Crippen LogP contribution < -0.4 is 4.80 Å². The third-order valence-corrected chi connectivity index (χ3v) is 4.43. The minimum absolute atomic E-state index is 0.142. The van der Waals surface area contributed by atoms with Crippen molar-refractivity contribution in [2.75, 3.05) is 0 Å². The molecule has 1 aromatic heterocycles. The van der Waals surface area contributed by atoms with Crippen LogP contribution in [0.4, 0.5) is 0 Å². The van der Waals surface area contributed by atoms with Gasteiger partial charge < -0.3 is 5.11 Å². The first kappa shape index (κ1) is 17.1. The number of nitrogens with zero attached hydrogens (tertiary/aromatic N) is 4. The molecular formula is C17H13ClN4O2S. The van der Waals surface area contributed by atoms with Crippen molar-refractivity contribution in [3.8, 4) is 11.4 Å². The van der Waals surface area contributed by atoms with Crippen LogP contribution in [0.3, 0.4) is 0 Å². The predicted octanol–water partition coefficient (Wildman–Crippen LogP) is 3.43. The van der Waals surface area contributed by atoms with E-state index in [2.05, 4.69) is 15.3 Å². The van der Waals surface area contributed by atoms with Crippen molar-refractivity contribution in [2.45, 2.75) is 6.92 Å². The molecule has 0 saturated heterocycles. The zero-order valence-electron chi connectivity index (χ0n) is 13.1. The molecule has 1 N–H and O–H groups in total. The summed E-state index contributed by atoms with van der Waals surface area (Å²) >= 11 is 7.06. The Bertz CT molecular complexity index is 989. The minimum atomic E-state index is -0.142. The second-order valence-electron chi connectivity index (χ2n) is 5.07. The lowest BCUT2D eigenvalue weighted by Crippen LogP contribution is -2.13. The van der Waals surface area contributed by atoms with Gasteiger partial charge in [0.05, 0.1) is 11.9 Å². The van der Waals surface area contributed by atoms with Gasteiger partial charge in [-0.05, 0) is 54.1 Å². The molecule has 3 aromatic rings. The fraction of sp³-hybridized carbons (Fsp3) is 0.0588. The van der Waals surface area contributed by atoms with E-state index < -0.39 is 0 Å². The Balaban J connectivity index is 2.00. The molecule has 0 aliphatic carbocycles. The van der Waals surface area contributed by atoms with Gasteiger partial charge in [0.25, 0.3) is 0 Å². The van der Waals surface area contributed by atoms with Crippen LogP contribution in [0.15, 0.2) is 58.7 Å². The molecular weight excluding hydrogens is 360 g/mol. The molecule has 0 saturated carbocycles. The average Bonchev–Trinajstić information content (AvgIpc) is 3.02. The number of aromatic hydroxyl groups is 1. The number of benzene rings is 2. The number of phenolic OH excluding ortho intramolecular Hbond substituents is 1. The monoisotopic (exact) mass is 372 g/mol. The van der Waals surface area contributed by atoms with E-state index in [1.165, 1.54) is 6.92 Å². The summed E-state index contributed by atoms with van der Waals surface area (Å²) in [5.41, 5.74) is 1.52. The maximum atomic E-state index is 11.6. The number of carbonyl (C=O) groups excluding carboxylic acids is 1. The smallest absolute Gasteiger partial charge is 0.233 e. The molecule has 0 spiro atoms. The molecule has 0 aliphatic rings. The Labute approximate surface area is 152 Å². The van der Waals surface area contributed by atoms with Gasteiger partial charge in [0, 0.05) is 11.9 Å². The average molecular weight is 373 g/mol. The highest BCUT2D eigenvalue weighted by molar-refractivity contribution is 7.10. The van der Waals surface area contributed by atoms with E-state index in [4.69, 9.17) is 11.6 Å². The molecule has 0 aliphatic heterocycles. The van der Waals surface area contributed by atoms with E-state index in [1.807, 2.05) is 0 Å². The predicted molar refractivity (Wildman–Crippen MR) is 97.7 cm³/mol. The number of hydrogen-bond acceptors (Lipinski definition) is 6. The number of rotatable bonds is 4. The normalized spacial score (nSPS) is 12.0. The van der Waals surface area contributed by atoms with Crippen LogP contribution in [0, 0.1) is 0 Å². The number of hydrogen-bond donors (Lipinski definition) is 1.